The number of nitrogens with zero attached hydrogens (tertiary/aromatic N) is 4. The molecule has 114 valence electrons. The van der Waals surface area contributed by atoms with Crippen molar-refractivity contribution in [1.29, 1.82) is 0 Å². The minimum absolute atomic E-state index is 0.868. The van der Waals surface area contributed by atoms with Crippen molar-refractivity contribution in [1.82, 2.24) is 19.7 Å². The van der Waals surface area contributed by atoms with E-state index in [0.29, 0.717) is 0 Å². The Kier molecular flexibility index (Phi) is 3.31. The average molecular weight is 321 g/mol. The number of pyridine rings is 1. The summed E-state index contributed by atoms with van der Waals surface area (Å²) in [6.07, 6.45) is 7.47. The molecule has 0 aliphatic rings. The SMILES string of the molecule is Cc1cncc(-c2ccc3nc(Nc4cnn(C)c4)sc3c2)c1. The molecule has 1 aromatic carbocycles. The lowest BCUT2D eigenvalue weighted by atomic mass is 10.1. The second-order valence-electron chi connectivity index (χ2n) is 5.48. The van der Waals surface area contributed by atoms with E-state index in [9.17, 15) is 0 Å². The van der Waals surface area contributed by atoms with E-state index in [0.717, 1.165) is 37.7 Å². The number of anilines is 2. The normalized spacial score (nSPS) is 11.0. The van der Waals surface area contributed by atoms with Gasteiger partial charge in [0.05, 0.1) is 22.1 Å². The fourth-order valence-electron chi connectivity index (χ4n) is 2.48. The van der Waals surface area contributed by atoms with Gasteiger partial charge in [0.25, 0.3) is 0 Å². The molecule has 5 nitrogen and oxygen atoms in total. The lowest BCUT2D eigenvalue weighted by Gasteiger charge is -2.01. The Morgan fingerprint density at radius 1 is 1.09 bits per heavy atom. The molecular formula is C17H15N5S. The maximum atomic E-state index is 4.62. The second-order valence-corrected chi connectivity index (χ2v) is 6.51. The molecular weight excluding hydrogens is 306 g/mol. The predicted molar refractivity (Wildman–Crippen MR) is 94.1 cm³/mol. The van der Waals surface area contributed by atoms with Gasteiger partial charge in [0, 0.05) is 31.2 Å². The van der Waals surface area contributed by atoms with Gasteiger partial charge < -0.3 is 5.32 Å². The van der Waals surface area contributed by atoms with Crippen molar-refractivity contribution in [3.63, 3.8) is 0 Å². The third-order valence-corrected chi connectivity index (χ3v) is 4.49. The first kappa shape index (κ1) is 13.9. The van der Waals surface area contributed by atoms with Crippen LogP contribution in [0.3, 0.4) is 0 Å². The zero-order valence-corrected chi connectivity index (χ0v) is 13.6. The number of fused-ring (bicyclic) bond motifs is 1. The molecule has 0 saturated heterocycles. The van der Waals surface area contributed by atoms with Gasteiger partial charge in [-0.3, -0.25) is 9.67 Å². The zero-order chi connectivity index (χ0) is 15.8. The van der Waals surface area contributed by atoms with Gasteiger partial charge in [-0.2, -0.15) is 5.10 Å². The van der Waals surface area contributed by atoms with Crippen molar-refractivity contribution in [3.8, 4) is 11.1 Å². The van der Waals surface area contributed by atoms with Crippen molar-refractivity contribution < 1.29 is 0 Å². The Labute approximate surface area is 137 Å². The van der Waals surface area contributed by atoms with Crippen LogP contribution in [0.5, 0.6) is 0 Å². The van der Waals surface area contributed by atoms with Gasteiger partial charge in [0.15, 0.2) is 5.13 Å². The van der Waals surface area contributed by atoms with Crippen molar-refractivity contribution in [2.24, 2.45) is 7.05 Å². The molecule has 3 aromatic heterocycles. The molecule has 0 aliphatic carbocycles. The number of hydrogen-bond donors (Lipinski definition) is 1. The summed E-state index contributed by atoms with van der Waals surface area (Å²) >= 11 is 1.63. The number of rotatable bonds is 3. The first-order valence-corrected chi connectivity index (χ1v) is 8.07. The van der Waals surface area contributed by atoms with E-state index in [4.69, 9.17) is 0 Å². The molecule has 6 heteroatoms. The molecule has 0 unspecified atom stereocenters. The smallest absolute Gasteiger partial charge is 0.188 e. The lowest BCUT2D eigenvalue weighted by molar-refractivity contribution is 0.768. The monoisotopic (exact) mass is 321 g/mol. The Bertz CT molecular complexity index is 985. The van der Waals surface area contributed by atoms with Crippen LogP contribution in [0.15, 0.2) is 49.1 Å². The van der Waals surface area contributed by atoms with Crippen LogP contribution < -0.4 is 5.32 Å². The van der Waals surface area contributed by atoms with E-state index >= 15 is 0 Å². The van der Waals surface area contributed by atoms with Crippen LogP contribution in [0.1, 0.15) is 5.56 Å². The van der Waals surface area contributed by atoms with E-state index < -0.39 is 0 Å². The highest BCUT2D eigenvalue weighted by Crippen LogP contribution is 2.31. The number of aryl methyl sites for hydroxylation is 2. The number of hydrogen-bond acceptors (Lipinski definition) is 5. The van der Waals surface area contributed by atoms with Crippen LogP contribution in [0, 0.1) is 6.92 Å². The number of nitrogens with one attached hydrogen (secondary N) is 1. The first-order valence-electron chi connectivity index (χ1n) is 7.26. The molecule has 0 amide bonds. The molecule has 0 aliphatic heterocycles. The van der Waals surface area contributed by atoms with E-state index in [-0.39, 0.29) is 0 Å². The maximum Gasteiger partial charge on any atom is 0.188 e. The van der Waals surface area contributed by atoms with Gasteiger partial charge in [-0.05, 0) is 36.2 Å². The summed E-state index contributed by atoms with van der Waals surface area (Å²) in [5, 5.41) is 8.32. The highest BCUT2D eigenvalue weighted by molar-refractivity contribution is 7.22. The van der Waals surface area contributed by atoms with Crippen LogP contribution in [0.4, 0.5) is 10.8 Å². The van der Waals surface area contributed by atoms with E-state index in [1.165, 1.54) is 0 Å². The molecule has 23 heavy (non-hydrogen) atoms. The lowest BCUT2D eigenvalue weighted by Crippen LogP contribution is -1.87. The molecule has 0 fully saturated rings. The van der Waals surface area contributed by atoms with Crippen molar-refractivity contribution >= 4 is 32.4 Å². The predicted octanol–water partition coefficient (Wildman–Crippen LogP) is 4.14. The average Bonchev–Trinajstić information content (AvgIpc) is 3.12. The van der Waals surface area contributed by atoms with Gasteiger partial charge in [-0.15, -0.1) is 0 Å². The van der Waals surface area contributed by atoms with Crippen LogP contribution in [0.2, 0.25) is 0 Å². The summed E-state index contributed by atoms with van der Waals surface area (Å²) in [6.45, 7) is 2.05. The molecule has 0 radical (unpaired) electrons. The molecule has 0 saturated carbocycles. The molecule has 4 aromatic rings. The minimum Gasteiger partial charge on any atom is -0.329 e. The van der Waals surface area contributed by atoms with Crippen molar-refractivity contribution in [2.75, 3.05) is 5.32 Å². The molecule has 1 N–H and O–H groups in total. The fourth-order valence-corrected chi connectivity index (χ4v) is 3.41. The second kappa shape index (κ2) is 5.48. The number of thiazole rings is 1. The number of aromatic nitrogens is 4. The Morgan fingerprint density at radius 2 is 2.00 bits per heavy atom. The van der Waals surface area contributed by atoms with Crippen LogP contribution in [0.25, 0.3) is 21.3 Å². The van der Waals surface area contributed by atoms with Crippen molar-refractivity contribution in [2.45, 2.75) is 6.92 Å². The summed E-state index contributed by atoms with van der Waals surface area (Å²) in [6, 6.07) is 8.45. The third-order valence-electron chi connectivity index (χ3n) is 3.55. The first-order chi connectivity index (χ1) is 11.2. The van der Waals surface area contributed by atoms with Gasteiger partial charge in [0.2, 0.25) is 0 Å². The molecule has 4 rings (SSSR count). The highest BCUT2D eigenvalue weighted by atomic mass is 32.1. The topological polar surface area (TPSA) is 55.6 Å². The molecule has 0 bridgehead atoms. The van der Waals surface area contributed by atoms with Crippen molar-refractivity contribution in [3.05, 3.63) is 54.6 Å². The van der Waals surface area contributed by atoms with Gasteiger partial charge in [0.1, 0.15) is 0 Å². The van der Waals surface area contributed by atoms with E-state index in [1.807, 2.05) is 25.6 Å². The summed E-state index contributed by atoms with van der Waals surface area (Å²) in [5.41, 5.74) is 5.37. The van der Waals surface area contributed by atoms with Gasteiger partial charge in [-0.25, -0.2) is 4.98 Å². The largest absolute Gasteiger partial charge is 0.329 e. The van der Waals surface area contributed by atoms with E-state index in [2.05, 4.69) is 51.6 Å². The quantitative estimate of drug-likeness (QED) is 0.616. The van der Waals surface area contributed by atoms with E-state index in [1.54, 1.807) is 22.2 Å². The summed E-state index contributed by atoms with van der Waals surface area (Å²) < 4.78 is 2.91. The molecule has 0 spiro atoms. The van der Waals surface area contributed by atoms with Crippen LogP contribution >= 0.6 is 11.3 Å². The summed E-state index contributed by atoms with van der Waals surface area (Å²) in [4.78, 5) is 8.89. The molecule has 0 atom stereocenters. The van der Waals surface area contributed by atoms with Gasteiger partial charge in [-0.1, -0.05) is 17.4 Å². The summed E-state index contributed by atoms with van der Waals surface area (Å²) in [5.74, 6) is 0. The Balaban J connectivity index is 1.69. The fraction of sp³-hybridized carbons (Fsp3) is 0.118. The highest BCUT2D eigenvalue weighted by Gasteiger charge is 2.07. The zero-order valence-electron chi connectivity index (χ0n) is 12.8. The Morgan fingerprint density at radius 3 is 2.78 bits per heavy atom. The maximum absolute atomic E-state index is 4.62. The number of benzene rings is 1. The standard InChI is InChI=1S/C17H15N5S/c1-11-5-13(8-18-7-11)12-3-4-15-16(6-12)23-17(21-15)20-14-9-19-22(2)10-14/h3-10H,1-2H3,(H,20,21). The Hall–Kier alpha value is -2.73. The third kappa shape index (κ3) is 2.80. The minimum atomic E-state index is 0.868. The van der Waals surface area contributed by atoms with Crippen LogP contribution in [-0.2, 0) is 7.05 Å². The van der Waals surface area contributed by atoms with Gasteiger partial charge >= 0.3 is 0 Å². The summed E-state index contributed by atoms with van der Waals surface area (Å²) in [7, 11) is 1.89. The van der Waals surface area contributed by atoms with Crippen LogP contribution in [-0.4, -0.2) is 19.7 Å². The molecule has 3 heterocycles.